The van der Waals surface area contributed by atoms with Crippen molar-refractivity contribution in [3.8, 4) is 5.75 Å². The van der Waals surface area contributed by atoms with Gasteiger partial charge < -0.3 is 14.4 Å². The van der Waals surface area contributed by atoms with E-state index in [0.717, 1.165) is 51.1 Å². The van der Waals surface area contributed by atoms with Gasteiger partial charge in [-0.05, 0) is 39.8 Å². The molecule has 0 unspecified atom stereocenters. The van der Waals surface area contributed by atoms with E-state index in [1.807, 2.05) is 18.4 Å². The molecule has 0 aliphatic rings. The third-order valence-corrected chi connectivity index (χ3v) is 3.85. The van der Waals surface area contributed by atoms with Crippen LogP contribution in [0.3, 0.4) is 0 Å². The lowest BCUT2D eigenvalue weighted by Crippen LogP contribution is -2.27. The van der Waals surface area contributed by atoms with Gasteiger partial charge in [0.1, 0.15) is 0 Å². The summed E-state index contributed by atoms with van der Waals surface area (Å²) in [7, 11) is 0. The quantitative estimate of drug-likeness (QED) is 0.636. The van der Waals surface area contributed by atoms with E-state index < -0.39 is 0 Å². The highest BCUT2D eigenvalue weighted by atomic mass is 16.5. The van der Waals surface area contributed by atoms with Crippen molar-refractivity contribution in [2.45, 2.75) is 66.2 Å². The number of pyridine rings is 1. The summed E-state index contributed by atoms with van der Waals surface area (Å²) in [5, 5.41) is 9.72. The molecule has 1 rings (SSSR count). The molecule has 0 aromatic carbocycles. The standard InChI is InChI=1S/C18H32N2O3/c1-5-7-9-19(6-2)13-16-12-17(21)18(22)14-20(16)10-8-11-23-15(3)4/h12,14-15,22H,5-11,13H2,1-4H3. The molecule has 1 N–H and O–H groups in total. The average molecular weight is 324 g/mol. The van der Waals surface area contributed by atoms with E-state index in [1.54, 1.807) is 12.3 Å². The predicted molar refractivity (Wildman–Crippen MR) is 93.9 cm³/mol. The van der Waals surface area contributed by atoms with Gasteiger partial charge in [0.25, 0.3) is 0 Å². The zero-order chi connectivity index (χ0) is 17.2. The number of aromatic hydroxyl groups is 1. The first-order chi connectivity index (χ1) is 11.0. The van der Waals surface area contributed by atoms with Crippen molar-refractivity contribution < 1.29 is 9.84 Å². The molecule has 0 amide bonds. The van der Waals surface area contributed by atoms with Crippen molar-refractivity contribution in [1.29, 1.82) is 0 Å². The number of aromatic nitrogens is 1. The van der Waals surface area contributed by atoms with Crippen molar-refractivity contribution in [3.63, 3.8) is 0 Å². The van der Waals surface area contributed by atoms with Crippen LogP contribution in [0.5, 0.6) is 5.75 Å². The molecule has 1 heterocycles. The zero-order valence-corrected chi connectivity index (χ0v) is 15.0. The molecule has 5 heteroatoms. The minimum Gasteiger partial charge on any atom is -0.503 e. The molecular formula is C18H32N2O3. The topological polar surface area (TPSA) is 54.7 Å². The van der Waals surface area contributed by atoms with Crippen LogP contribution in [0.4, 0.5) is 0 Å². The highest BCUT2D eigenvalue weighted by molar-refractivity contribution is 5.20. The van der Waals surface area contributed by atoms with Gasteiger partial charge in [0, 0.05) is 31.5 Å². The fraction of sp³-hybridized carbons (Fsp3) is 0.722. The number of rotatable bonds is 11. The van der Waals surface area contributed by atoms with E-state index in [1.165, 1.54) is 0 Å². The van der Waals surface area contributed by atoms with Gasteiger partial charge in [0.2, 0.25) is 5.43 Å². The summed E-state index contributed by atoms with van der Waals surface area (Å²) in [6.45, 7) is 12.5. The van der Waals surface area contributed by atoms with Crippen LogP contribution in [0, 0.1) is 0 Å². The Labute approximate surface area is 139 Å². The van der Waals surface area contributed by atoms with Crippen LogP contribution in [0.1, 0.15) is 52.7 Å². The SMILES string of the molecule is CCCCN(CC)Cc1cc(=O)c(O)cn1CCCOC(C)C. The van der Waals surface area contributed by atoms with Crippen molar-refractivity contribution >= 4 is 0 Å². The Morgan fingerprint density at radius 1 is 1.30 bits per heavy atom. The third kappa shape index (κ3) is 7.18. The minimum atomic E-state index is -0.304. The summed E-state index contributed by atoms with van der Waals surface area (Å²) >= 11 is 0. The summed E-state index contributed by atoms with van der Waals surface area (Å²) < 4.78 is 7.55. The number of hydrogen-bond donors (Lipinski definition) is 1. The monoisotopic (exact) mass is 324 g/mol. The van der Waals surface area contributed by atoms with E-state index in [0.29, 0.717) is 6.61 Å². The molecule has 0 atom stereocenters. The number of ether oxygens (including phenoxy) is 1. The number of nitrogens with zero attached hydrogens (tertiary/aromatic N) is 2. The molecular weight excluding hydrogens is 292 g/mol. The molecule has 0 spiro atoms. The van der Waals surface area contributed by atoms with Crippen LogP contribution in [-0.2, 0) is 17.8 Å². The Hall–Kier alpha value is -1.33. The second-order valence-electron chi connectivity index (χ2n) is 6.20. The van der Waals surface area contributed by atoms with E-state index in [-0.39, 0.29) is 17.3 Å². The van der Waals surface area contributed by atoms with Gasteiger partial charge in [-0.25, -0.2) is 0 Å². The Kier molecular flexibility index (Phi) is 8.95. The van der Waals surface area contributed by atoms with Crippen LogP contribution in [-0.4, -0.2) is 40.4 Å². The lowest BCUT2D eigenvalue weighted by molar-refractivity contribution is 0.0745. The first kappa shape index (κ1) is 19.7. The highest BCUT2D eigenvalue weighted by Crippen LogP contribution is 2.10. The zero-order valence-electron chi connectivity index (χ0n) is 15.0. The highest BCUT2D eigenvalue weighted by Gasteiger charge is 2.10. The van der Waals surface area contributed by atoms with Gasteiger partial charge in [0.15, 0.2) is 5.75 Å². The predicted octanol–water partition coefficient (Wildman–Crippen LogP) is 2.99. The summed E-state index contributed by atoms with van der Waals surface area (Å²) in [6.07, 6.45) is 4.94. The van der Waals surface area contributed by atoms with Crippen LogP contribution in [0.25, 0.3) is 0 Å². The Morgan fingerprint density at radius 2 is 2.04 bits per heavy atom. The van der Waals surface area contributed by atoms with Crippen molar-refractivity contribution in [2.24, 2.45) is 0 Å². The van der Waals surface area contributed by atoms with E-state index in [2.05, 4.69) is 18.7 Å². The Bertz CT molecular complexity index is 511. The second kappa shape index (κ2) is 10.4. The second-order valence-corrected chi connectivity index (χ2v) is 6.20. The molecule has 5 nitrogen and oxygen atoms in total. The molecule has 0 bridgehead atoms. The average Bonchev–Trinajstić information content (AvgIpc) is 2.51. The molecule has 0 saturated heterocycles. The molecule has 0 fully saturated rings. The van der Waals surface area contributed by atoms with Crippen LogP contribution >= 0.6 is 0 Å². The van der Waals surface area contributed by atoms with E-state index >= 15 is 0 Å². The molecule has 0 aliphatic carbocycles. The molecule has 0 radical (unpaired) electrons. The molecule has 1 aromatic rings. The Morgan fingerprint density at radius 3 is 2.65 bits per heavy atom. The summed E-state index contributed by atoms with van der Waals surface area (Å²) in [6, 6.07) is 1.56. The van der Waals surface area contributed by atoms with E-state index in [9.17, 15) is 9.90 Å². The normalized spacial score (nSPS) is 11.6. The van der Waals surface area contributed by atoms with Gasteiger partial charge in [0.05, 0.1) is 12.3 Å². The smallest absolute Gasteiger partial charge is 0.223 e. The van der Waals surface area contributed by atoms with Gasteiger partial charge in [-0.15, -0.1) is 0 Å². The summed E-state index contributed by atoms with van der Waals surface area (Å²) in [4.78, 5) is 14.1. The summed E-state index contributed by atoms with van der Waals surface area (Å²) in [5.74, 6) is -0.185. The van der Waals surface area contributed by atoms with E-state index in [4.69, 9.17) is 4.74 Å². The lowest BCUT2D eigenvalue weighted by atomic mass is 10.2. The lowest BCUT2D eigenvalue weighted by Gasteiger charge is -2.23. The van der Waals surface area contributed by atoms with Gasteiger partial charge in [-0.2, -0.15) is 0 Å². The number of unbranched alkanes of at least 4 members (excludes halogenated alkanes) is 1. The fourth-order valence-electron chi connectivity index (χ4n) is 2.46. The number of hydrogen-bond acceptors (Lipinski definition) is 4. The maximum absolute atomic E-state index is 11.8. The minimum absolute atomic E-state index is 0.185. The molecule has 0 aliphatic heterocycles. The van der Waals surface area contributed by atoms with Crippen LogP contribution in [0.15, 0.2) is 17.1 Å². The summed E-state index contributed by atoms with van der Waals surface area (Å²) in [5.41, 5.74) is 0.650. The van der Waals surface area contributed by atoms with Crippen molar-refractivity contribution in [3.05, 3.63) is 28.2 Å². The van der Waals surface area contributed by atoms with Gasteiger partial charge in [-0.3, -0.25) is 9.69 Å². The van der Waals surface area contributed by atoms with Crippen molar-refractivity contribution in [1.82, 2.24) is 9.47 Å². The van der Waals surface area contributed by atoms with Crippen molar-refractivity contribution in [2.75, 3.05) is 19.7 Å². The van der Waals surface area contributed by atoms with Crippen LogP contribution in [0.2, 0.25) is 0 Å². The Balaban J connectivity index is 2.78. The fourth-order valence-corrected chi connectivity index (χ4v) is 2.46. The molecule has 23 heavy (non-hydrogen) atoms. The van der Waals surface area contributed by atoms with Crippen LogP contribution < -0.4 is 5.43 Å². The molecule has 1 aromatic heterocycles. The number of aryl methyl sites for hydroxylation is 1. The maximum atomic E-state index is 11.8. The largest absolute Gasteiger partial charge is 0.503 e. The first-order valence-electron chi connectivity index (χ1n) is 8.74. The first-order valence-corrected chi connectivity index (χ1v) is 8.74. The van der Waals surface area contributed by atoms with Gasteiger partial charge >= 0.3 is 0 Å². The third-order valence-electron chi connectivity index (χ3n) is 3.85. The molecule has 132 valence electrons. The molecule has 0 saturated carbocycles. The maximum Gasteiger partial charge on any atom is 0.223 e. The van der Waals surface area contributed by atoms with Gasteiger partial charge in [-0.1, -0.05) is 20.3 Å².